The van der Waals surface area contributed by atoms with Gasteiger partial charge in [0.25, 0.3) is 0 Å². The molecule has 4 aliphatic rings. The molecule has 5 rings (SSSR count). The zero-order valence-electron chi connectivity index (χ0n) is 20.1. The van der Waals surface area contributed by atoms with E-state index in [9.17, 15) is 4.79 Å². The number of rotatable bonds is 5. The van der Waals surface area contributed by atoms with Crippen molar-refractivity contribution >= 4 is 5.78 Å². The number of hydrogen-bond donors (Lipinski definition) is 0. The summed E-state index contributed by atoms with van der Waals surface area (Å²) in [5.41, 5.74) is 1.01. The van der Waals surface area contributed by atoms with Crippen LogP contribution >= 0.6 is 0 Å². The number of carbonyl (C=O) groups is 1. The summed E-state index contributed by atoms with van der Waals surface area (Å²) in [6.07, 6.45) is 14.7. The van der Waals surface area contributed by atoms with E-state index in [4.69, 9.17) is 10.00 Å². The van der Waals surface area contributed by atoms with Crippen molar-refractivity contribution < 1.29 is 9.53 Å². The molecule has 0 bridgehead atoms. The lowest BCUT2D eigenvalue weighted by molar-refractivity contribution is -0.154. The third-order valence-corrected chi connectivity index (χ3v) is 10.5. The standard InChI is InChI=1S/C27H39N3O2/c1-18-8-11-27(17-32-3)20(12-18)4-5-21-22-6-7-24(26(22,2)10-9-23(21)27)25(31)16-30-15-19(13-28)14-29-30/h14-15,18,20-24H,4-12,16-17H2,1-3H3/t18-,20?,21-,22?,23?,24+,26-,27+/m0/s1. The van der Waals surface area contributed by atoms with Gasteiger partial charge in [0, 0.05) is 19.2 Å². The average molecular weight is 438 g/mol. The molecule has 5 nitrogen and oxygen atoms in total. The van der Waals surface area contributed by atoms with Gasteiger partial charge in [-0.3, -0.25) is 9.48 Å². The van der Waals surface area contributed by atoms with Crippen LogP contribution in [0.5, 0.6) is 0 Å². The zero-order chi connectivity index (χ0) is 22.5. The summed E-state index contributed by atoms with van der Waals surface area (Å²) in [7, 11) is 1.90. The molecule has 1 heterocycles. The molecule has 0 spiro atoms. The van der Waals surface area contributed by atoms with E-state index in [0.29, 0.717) is 29.2 Å². The first kappa shape index (κ1) is 22.1. The number of fused-ring (bicyclic) bond motifs is 5. The minimum Gasteiger partial charge on any atom is -0.384 e. The number of nitriles is 1. The highest BCUT2D eigenvalue weighted by atomic mass is 16.5. The van der Waals surface area contributed by atoms with Crippen LogP contribution in [0.15, 0.2) is 12.4 Å². The molecule has 4 fully saturated rings. The zero-order valence-corrected chi connectivity index (χ0v) is 20.1. The highest BCUT2D eigenvalue weighted by molar-refractivity contribution is 5.82. The van der Waals surface area contributed by atoms with Crippen molar-refractivity contribution in [3.8, 4) is 6.07 Å². The maximum Gasteiger partial charge on any atom is 0.157 e. The van der Waals surface area contributed by atoms with Crippen LogP contribution in [0.3, 0.4) is 0 Å². The van der Waals surface area contributed by atoms with Crippen molar-refractivity contribution in [3.63, 3.8) is 0 Å². The minimum absolute atomic E-state index is 0.118. The number of Topliss-reactive ketones (excluding diaryl/α,β-unsaturated/α-hetero) is 1. The van der Waals surface area contributed by atoms with E-state index in [1.54, 1.807) is 17.1 Å². The molecule has 8 atom stereocenters. The highest BCUT2D eigenvalue weighted by Gasteiger charge is 2.62. The highest BCUT2D eigenvalue weighted by Crippen LogP contribution is 2.68. The Bertz CT molecular complexity index is 903. The summed E-state index contributed by atoms with van der Waals surface area (Å²) in [5.74, 6) is 4.30. The van der Waals surface area contributed by atoms with Gasteiger partial charge in [0.1, 0.15) is 6.07 Å². The van der Waals surface area contributed by atoms with Gasteiger partial charge in [-0.25, -0.2) is 0 Å². The van der Waals surface area contributed by atoms with Crippen molar-refractivity contribution in [2.75, 3.05) is 13.7 Å². The quantitative estimate of drug-likeness (QED) is 0.631. The monoisotopic (exact) mass is 437 g/mol. The second kappa shape index (κ2) is 8.28. The predicted octanol–water partition coefficient (Wildman–Crippen LogP) is 5.25. The number of carbonyl (C=O) groups excluding carboxylic acids is 1. The molecule has 1 aromatic heterocycles. The number of aromatic nitrogens is 2. The van der Waals surface area contributed by atoms with Crippen LogP contribution in [0.4, 0.5) is 0 Å². The second-order valence-corrected chi connectivity index (χ2v) is 11.9. The molecule has 0 radical (unpaired) electrons. The van der Waals surface area contributed by atoms with E-state index in [0.717, 1.165) is 36.7 Å². The smallest absolute Gasteiger partial charge is 0.157 e. The molecule has 0 saturated heterocycles. The van der Waals surface area contributed by atoms with E-state index in [-0.39, 0.29) is 11.3 Å². The van der Waals surface area contributed by atoms with E-state index >= 15 is 0 Å². The summed E-state index contributed by atoms with van der Waals surface area (Å²) < 4.78 is 7.57. The van der Waals surface area contributed by atoms with Crippen molar-refractivity contribution in [3.05, 3.63) is 18.0 Å². The van der Waals surface area contributed by atoms with Crippen LogP contribution in [0, 0.1) is 57.7 Å². The molecule has 5 heteroatoms. The molecule has 1 aromatic rings. The van der Waals surface area contributed by atoms with Gasteiger partial charge in [0.2, 0.25) is 0 Å². The van der Waals surface area contributed by atoms with Crippen molar-refractivity contribution in [2.24, 2.45) is 46.3 Å². The lowest BCUT2D eigenvalue weighted by Crippen LogP contribution is -2.56. The second-order valence-electron chi connectivity index (χ2n) is 11.9. The normalized spacial score (nSPS) is 43.1. The summed E-state index contributed by atoms with van der Waals surface area (Å²) in [6, 6.07) is 2.11. The van der Waals surface area contributed by atoms with Crippen LogP contribution in [0.2, 0.25) is 0 Å². The Morgan fingerprint density at radius 3 is 2.81 bits per heavy atom. The van der Waals surface area contributed by atoms with Gasteiger partial charge in [-0.2, -0.15) is 10.4 Å². The van der Waals surface area contributed by atoms with Gasteiger partial charge >= 0.3 is 0 Å². The molecule has 32 heavy (non-hydrogen) atoms. The maximum atomic E-state index is 13.4. The SMILES string of the molecule is COC[C@]12CC[C@H](C)CC1CC[C@@H]1C2CC[C@@]2(C)C1CC[C@@H]2C(=O)Cn1cc(C#N)cn1. The Labute approximate surface area is 192 Å². The first-order valence-electron chi connectivity index (χ1n) is 12.9. The molecule has 4 saturated carbocycles. The molecule has 3 unspecified atom stereocenters. The van der Waals surface area contributed by atoms with Gasteiger partial charge < -0.3 is 4.74 Å². The molecular weight excluding hydrogens is 398 g/mol. The summed E-state index contributed by atoms with van der Waals surface area (Å²) in [4.78, 5) is 13.4. The van der Waals surface area contributed by atoms with Gasteiger partial charge in [-0.1, -0.05) is 20.3 Å². The van der Waals surface area contributed by atoms with Crippen molar-refractivity contribution in [1.29, 1.82) is 5.26 Å². The molecule has 0 amide bonds. The number of ketones is 1. The van der Waals surface area contributed by atoms with E-state index in [1.807, 2.05) is 7.11 Å². The largest absolute Gasteiger partial charge is 0.384 e. The Morgan fingerprint density at radius 2 is 2.06 bits per heavy atom. The average Bonchev–Trinajstić information content (AvgIpc) is 3.37. The van der Waals surface area contributed by atoms with E-state index in [2.05, 4.69) is 25.0 Å². The first-order chi connectivity index (χ1) is 15.4. The summed E-state index contributed by atoms with van der Waals surface area (Å²) in [6.45, 7) is 6.09. The lowest BCUT2D eigenvalue weighted by Gasteiger charge is -2.61. The number of ether oxygens (including phenoxy) is 1. The minimum atomic E-state index is 0.118. The Balaban J connectivity index is 1.36. The van der Waals surface area contributed by atoms with E-state index < -0.39 is 0 Å². The van der Waals surface area contributed by atoms with Crippen molar-refractivity contribution in [1.82, 2.24) is 9.78 Å². The summed E-state index contributed by atoms with van der Waals surface area (Å²) >= 11 is 0. The van der Waals surface area contributed by atoms with Gasteiger partial charge in [0.15, 0.2) is 5.78 Å². The topological polar surface area (TPSA) is 67.9 Å². The number of nitrogens with zero attached hydrogens (tertiary/aromatic N) is 3. The van der Waals surface area contributed by atoms with Crippen LogP contribution in [-0.4, -0.2) is 29.3 Å². The first-order valence-corrected chi connectivity index (χ1v) is 12.9. The fourth-order valence-electron chi connectivity index (χ4n) is 9.12. The van der Waals surface area contributed by atoms with Crippen LogP contribution in [-0.2, 0) is 16.1 Å². The maximum absolute atomic E-state index is 13.4. The molecule has 174 valence electrons. The molecule has 0 N–H and O–H groups in total. The van der Waals surface area contributed by atoms with Crippen LogP contribution in [0.1, 0.15) is 77.2 Å². The molecule has 0 aromatic carbocycles. The van der Waals surface area contributed by atoms with Crippen molar-refractivity contribution in [2.45, 2.75) is 78.2 Å². The van der Waals surface area contributed by atoms with Crippen LogP contribution < -0.4 is 0 Å². The third-order valence-electron chi connectivity index (χ3n) is 10.5. The molecule has 0 aliphatic heterocycles. The number of methoxy groups -OCH3 is 1. The lowest BCUT2D eigenvalue weighted by atomic mass is 9.44. The Kier molecular flexibility index (Phi) is 5.73. The Hall–Kier alpha value is -1.67. The van der Waals surface area contributed by atoms with Gasteiger partial charge in [-0.15, -0.1) is 0 Å². The van der Waals surface area contributed by atoms with E-state index in [1.165, 1.54) is 51.4 Å². The fourth-order valence-corrected chi connectivity index (χ4v) is 9.12. The predicted molar refractivity (Wildman–Crippen MR) is 123 cm³/mol. The molecule has 4 aliphatic carbocycles. The van der Waals surface area contributed by atoms with Crippen LogP contribution in [0.25, 0.3) is 0 Å². The van der Waals surface area contributed by atoms with Gasteiger partial charge in [0.05, 0.1) is 24.9 Å². The summed E-state index contributed by atoms with van der Waals surface area (Å²) in [5, 5.41) is 13.3. The Morgan fingerprint density at radius 1 is 1.22 bits per heavy atom. The number of hydrogen-bond acceptors (Lipinski definition) is 4. The van der Waals surface area contributed by atoms with Gasteiger partial charge in [-0.05, 0) is 91.8 Å². The third kappa shape index (κ3) is 3.36. The molecular formula is C27H39N3O2. The fraction of sp³-hybridized carbons (Fsp3) is 0.815.